The summed E-state index contributed by atoms with van der Waals surface area (Å²) in [5.74, 6) is -2.69. The Morgan fingerprint density at radius 2 is 1.76 bits per heavy atom. The number of phenolic OH excluding ortho intramolecular Hbond substituents is 2. The molecule has 1 saturated carbocycles. The second-order valence-electron chi connectivity index (χ2n) is 16.2. The van der Waals surface area contributed by atoms with E-state index in [-0.39, 0.29) is 34.8 Å². The van der Waals surface area contributed by atoms with Crippen LogP contribution in [0.5, 0.6) is 28.7 Å². The van der Waals surface area contributed by atoms with Gasteiger partial charge in [-0.1, -0.05) is 31.4 Å². The van der Waals surface area contributed by atoms with Crippen molar-refractivity contribution >= 4 is 22.8 Å². The molecule has 1 aliphatic carbocycles. The number of aliphatic hydroxyl groups is 5. The van der Waals surface area contributed by atoms with Crippen molar-refractivity contribution in [3.8, 4) is 40.1 Å². The first-order valence-corrected chi connectivity index (χ1v) is 20.6. The number of nitrogens with one attached hydrogen (secondary N) is 3. The summed E-state index contributed by atoms with van der Waals surface area (Å²) in [6.07, 6.45) is -7.78. The van der Waals surface area contributed by atoms with Crippen LogP contribution in [0.3, 0.4) is 0 Å². The highest BCUT2D eigenvalue weighted by molar-refractivity contribution is 5.89. The fourth-order valence-corrected chi connectivity index (χ4v) is 9.30. The molecule has 0 unspecified atom stereocenters. The van der Waals surface area contributed by atoms with Gasteiger partial charge in [-0.15, -0.1) is 0 Å². The van der Waals surface area contributed by atoms with E-state index in [0.29, 0.717) is 61.5 Å². The molecule has 8 atom stereocenters. The number of rotatable bonds is 14. The molecular weight excluding hydrogens is 824 g/mol. The maximum atomic E-state index is 13.8. The molecule has 5 aromatic rings. The number of nitrogen functional groups attached to an aromatic ring is 1. The zero-order chi connectivity index (χ0) is 44.6. The number of nitrogens with two attached hydrogens (primary N) is 1. The third kappa shape index (κ3) is 8.13. The number of aromatic nitrogens is 1. The van der Waals surface area contributed by atoms with Crippen molar-refractivity contribution in [3.05, 3.63) is 94.3 Å². The number of carbonyl (C=O) groups is 1. The maximum absolute atomic E-state index is 13.8. The highest BCUT2D eigenvalue weighted by Crippen LogP contribution is 2.54. The summed E-state index contributed by atoms with van der Waals surface area (Å²) >= 11 is 0. The number of carboxylic acids is 1. The van der Waals surface area contributed by atoms with Gasteiger partial charge in [0.1, 0.15) is 64.6 Å². The van der Waals surface area contributed by atoms with E-state index in [0.717, 1.165) is 12.5 Å². The van der Waals surface area contributed by atoms with Crippen LogP contribution in [0.4, 0.5) is 5.82 Å². The second-order valence-corrected chi connectivity index (χ2v) is 16.2. The highest BCUT2D eigenvalue weighted by atomic mass is 16.7. The summed E-state index contributed by atoms with van der Waals surface area (Å²) in [5.41, 5.74) is 2.20. The standard InChI is InChI=1S/C44H50N4O15/c45-33-12-11-26(48-33)35(52)31(19-49)60-25-9-7-23(8-10-25)28-16-27(51)34-29(61-28)17-30(38(36(34)53)59-20-22-5-4-6-24(50)15-22)62-42-37(54)39(55)44(58,40(63-42)41(56)57)43(13-2-1-3-14-43)32-18-46-21-47-32/h4-12,15-17,31-32,35,37,39-40,42,46-50,52-55,58H,1-3,13-14,18-21,45H2,(H,56,57)/t31-,32-,35+,37+,39-,40+,42+,44-/m0/s1. The van der Waals surface area contributed by atoms with Crippen LogP contribution < -0.4 is 36.0 Å². The summed E-state index contributed by atoms with van der Waals surface area (Å²) in [5, 5.41) is 95.3. The van der Waals surface area contributed by atoms with Gasteiger partial charge in [0, 0.05) is 48.1 Å². The molecular formula is C44H50N4O15. The van der Waals surface area contributed by atoms with Gasteiger partial charge < -0.3 is 80.3 Å². The molecule has 0 spiro atoms. The van der Waals surface area contributed by atoms with Crippen LogP contribution in [-0.4, -0.2) is 114 Å². The van der Waals surface area contributed by atoms with Crippen LogP contribution in [-0.2, 0) is 16.1 Å². The van der Waals surface area contributed by atoms with Gasteiger partial charge in [-0.25, -0.2) is 4.79 Å². The zero-order valence-electron chi connectivity index (χ0n) is 33.8. The molecule has 2 saturated heterocycles. The fraction of sp³-hybridized carbons (Fsp3) is 0.409. The van der Waals surface area contributed by atoms with Crippen LogP contribution in [0, 0.1) is 5.41 Å². The van der Waals surface area contributed by atoms with Crippen LogP contribution in [0.15, 0.2) is 82.0 Å². The molecule has 3 aliphatic rings. The average Bonchev–Trinajstić information content (AvgIpc) is 3.98. The van der Waals surface area contributed by atoms with Crippen LogP contribution in [0.2, 0.25) is 0 Å². The number of ether oxygens (including phenoxy) is 4. The summed E-state index contributed by atoms with van der Waals surface area (Å²) in [6.45, 7) is -0.0571. The molecule has 4 heterocycles. The third-order valence-electron chi connectivity index (χ3n) is 12.4. The number of aromatic hydroxyl groups is 2. The Balaban J connectivity index is 1.13. The first-order valence-electron chi connectivity index (χ1n) is 20.6. The molecule has 19 nitrogen and oxygen atoms in total. The number of benzene rings is 3. The number of carboxylic acid groups (broad SMARTS) is 1. The van der Waals surface area contributed by atoms with Gasteiger partial charge in [-0.2, -0.15) is 0 Å². The number of fused-ring (bicyclic) bond motifs is 1. The SMILES string of the molecule is Nc1ccc([C@@H](O)[C@H](CO)Oc2ccc(-c3cc(=O)c4c(O)c(OCc5cccc(O)c5)c(O[C@@H]5O[C@H](C(=O)O)[C@](O)(C6([C@@H]7CNCN7)CCCCC6)[C@@H](O)[C@H]5O)cc4o3)cc2)[nH]1. The van der Waals surface area contributed by atoms with E-state index < -0.39 is 89.1 Å². The molecule has 63 heavy (non-hydrogen) atoms. The van der Waals surface area contributed by atoms with Crippen molar-refractivity contribution in [1.82, 2.24) is 15.6 Å². The number of H-pyrrole nitrogens is 1. The van der Waals surface area contributed by atoms with E-state index in [1.165, 1.54) is 30.3 Å². The van der Waals surface area contributed by atoms with Gasteiger partial charge in [0.2, 0.25) is 12.0 Å². The summed E-state index contributed by atoms with van der Waals surface area (Å²) in [7, 11) is 0. The Bertz CT molecular complexity index is 2480. The summed E-state index contributed by atoms with van der Waals surface area (Å²) in [4.78, 5) is 29.6. The first kappa shape index (κ1) is 43.7. The number of hydrogen-bond acceptors (Lipinski definition) is 17. The Labute approximate surface area is 359 Å². The molecule has 0 bridgehead atoms. The number of aromatic amines is 1. The van der Waals surface area contributed by atoms with Gasteiger partial charge in [-0.05, 0) is 66.9 Å². The predicted molar refractivity (Wildman–Crippen MR) is 223 cm³/mol. The normalized spacial score (nSPS) is 25.6. The average molecular weight is 875 g/mol. The first-order chi connectivity index (χ1) is 30.2. The molecule has 8 rings (SSSR count). The lowest BCUT2D eigenvalue weighted by atomic mass is 9.54. The van der Waals surface area contributed by atoms with Crippen LogP contribution >= 0.6 is 0 Å². The van der Waals surface area contributed by atoms with Crippen molar-refractivity contribution in [3.63, 3.8) is 0 Å². The van der Waals surface area contributed by atoms with E-state index in [1.54, 1.807) is 36.4 Å². The van der Waals surface area contributed by atoms with Gasteiger partial charge in [0.15, 0.2) is 29.1 Å². The third-order valence-corrected chi connectivity index (χ3v) is 12.4. The molecule has 3 fully saturated rings. The Morgan fingerprint density at radius 1 is 1.00 bits per heavy atom. The predicted octanol–water partition coefficient (Wildman–Crippen LogP) is 1.94. The van der Waals surface area contributed by atoms with E-state index in [9.17, 15) is 50.4 Å². The lowest BCUT2D eigenvalue weighted by molar-refractivity contribution is -0.338. The number of hydrogen-bond donors (Lipinski definition) is 12. The molecule has 2 aliphatic heterocycles. The van der Waals surface area contributed by atoms with E-state index in [4.69, 9.17) is 29.1 Å². The molecule has 19 heteroatoms. The molecule has 0 amide bonds. The number of anilines is 1. The van der Waals surface area contributed by atoms with Crippen molar-refractivity contribution < 1.29 is 69.0 Å². The van der Waals surface area contributed by atoms with Gasteiger partial charge in [0.25, 0.3) is 0 Å². The minimum Gasteiger partial charge on any atom is -0.508 e. The minimum absolute atomic E-state index is 0.0200. The van der Waals surface area contributed by atoms with Crippen molar-refractivity contribution in [1.29, 1.82) is 0 Å². The molecule has 2 aromatic heterocycles. The topological polar surface area (TPSA) is 312 Å². The monoisotopic (exact) mass is 874 g/mol. The van der Waals surface area contributed by atoms with Gasteiger partial charge in [-0.3, -0.25) is 10.1 Å². The Kier molecular flexibility index (Phi) is 12.3. The minimum atomic E-state index is -2.50. The molecule has 3 aromatic carbocycles. The summed E-state index contributed by atoms with van der Waals surface area (Å²) in [6, 6.07) is 17.1. The van der Waals surface area contributed by atoms with E-state index >= 15 is 0 Å². The van der Waals surface area contributed by atoms with Crippen molar-refractivity contribution in [2.75, 3.05) is 25.6 Å². The lowest BCUT2D eigenvalue weighted by Gasteiger charge is -2.59. The Hall–Kier alpha value is -5.90. The largest absolute Gasteiger partial charge is 0.508 e. The van der Waals surface area contributed by atoms with Crippen LogP contribution in [0.1, 0.15) is 49.5 Å². The highest BCUT2D eigenvalue weighted by Gasteiger charge is 2.69. The number of aliphatic carboxylic acids is 1. The second kappa shape index (κ2) is 17.7. The van der Waals surface area contributed by atoms with Gasteiger partial charge >= 0.3 is 5.97 Å². The Morgan fingerprint density at radius 3 is 2.41 bits per heavy atom. The lowest BCUT2D eigenvalue weighted by Crippen LogP contribution is -2.77. The van der Waals surface area contributed by atoms with E-state index in [1.807, 2.05) is 0 Å². The van der Waals surface area contributed by atoms with Gasteiger partial charge in [0.05, 0.1) is 6.61 Å². The van der Waals surface area contributed by atoms with Crippen LogP contribution in [0.25, 0.3) is 22.3 Å². The van der Waals surface area contributed by atoms with Crippen molar-refractivity contribution in [2.24, 2.45) is 5.41 Å². The number of phenols is 2. The molecule has 0 radical (unpaired) electrons. The maximum Gasteiger partial charge on any atom is 0.336 e. The molecule has 13 N–H and O–H groups in total. The van der Waals surface area contributed by atoms with E-state index in [2.05, 4.69) is 15.6 Å². The summed E-state index contributed by atoms with van der Waals surface area (Å²) < 4.78 is 30.0. The van der Waals surface area contributed by atoms with Crippen molar-refractivity contribution in [2.45, 2.75) is 87.2 Å². The zero-order valence-corrected chi connectivity index (χ0v) is 33.8. The number of aliphatic hydroxyl groups excluding tert-OH is 4. The fourth-order valence-electron chi connectivity index (χ4n) is 9.30. The smallest absolute Gasteiger partial charge is 0.336 e. The molecule has 336 valence electrons. The quantitative estimate of drug-likeness (QED) is 0.0759.